The molecule has 3 rings (SSSR count). The zero-order valence-corrected chi connectivity index (χ0v) is 16.8. The Balaban J connectivity index is 1.66. The van der Waals surface area contributed by atoms with Crippen LogP contribution >= 0.6 is 0 Å². The number of amides is 1. The van der Waals surface area contributed by atoms with Crippen LogP contribution in [0.4, 0.5) is 13.2 Å². The fourth-order valence-corrected chi connectivity index (χ4v) is 5.22. The van der Waals surface area contributed by atoms with Gasteiger partial charge in [-0.1, -0.05) is 6.07 Å². The monoisotopic (exact) mass is 418 g/mol. The number of benzene rings is 1. The van der Waals surface area contributed by atoms with E-state index in [0.717, 1.165) is 25.0 Å². The molecule has 1 unspecified atom stereocenters. The van der Waals surface area contributed by atoms with E-state index in [2.05, 4.69) is 0 Å². The van der Waals surface area contributed by atoms with Crippen LogP contribution in [-0.4, -0.2) is 49.7 Å². The summed E-state index contributed by atoms with van der Waals surface area (Å²) in [5.41, 5.74) is -0.991. The Bertz CT molecular complexity index is 829. The molecule has 2 aliphatic rings. The summed E-state index contributed by atoms with van der Waals surface area (Å²) in [5.74, 6) is 0.324. The van der Waals surface area contributed by atoms with Crippen molar-refractivity contribution in [3.63, 3.8) is 0 Å². The Hall–Kier alpha value is -1.61. The van der Waals surface area contributed by atoms with Gasteiger partial charge in [0, 0.05) is 32.1 Å². The van der Waals surface area contributed by atoms with Crippen LogP contribution < -0.4 is 0 Å². The molecule has 1 aromatic rings. The van der Waals surface area contributed by atoms with E-state index in [1.165, 1.54) is 10.4 Å². The molecular formula is C19H25F3N2O3S. The van der Waals surface area contributed by atoms with Gasteiger partial charge < -0.3 is 4.90 Å². The molecule has 0 bridgehead atoms. The van der Waals surface area contributed by atoms with Crippen LogP contribution in [0.1, 0.15) is 38.2 Å². The number of carbonyl (C=O) groups excluding carboxylic acids is 1. The Morgan fingerprint density at radius 3 is 2.32 bits per heavy atom. The number of hydrogen-bond donors (Lipinski definition) is 0. The molecule has 9 heteroatoms. The second-order valence-electron chi connectivity index (χ2n) is 7.73. The first-order valence-corrected chi connectivity index (χ1v) is 10.9. The molecular weight excluding hydrogens is 393 g/mol. The Labute approximate surface area is 163 Å². The highest BCUT2D eigenvalue weighted by molar-refractivity contribution is 7.89. The Morgan fingerprint density at radius 1 is 1.18 bits per heavy atom. The van der Waals surface area contributed by atoms with Gasteiger partial charge in [-0.05, 0) is 56.7 Å². The maximum absolute atomic E-state index is 12.9. The van der Waals surface area contributed by atoms with Crippen LogP contribution in [0.25, 0.3) is 0 Å². The van der Waals surface area contributed by atoms with Crippen LogP contribution in [0.5, 0.6) is 0 Å². The fraction of sp³-hybridized carbons (Fsp3) is 0.632. The van der Waals surface area contributed by atoms with Crippen molar-refractivity contribution in [3.8, 4) is 0 Å². The average molecular weight is 418 g/mol. The molecule has 1 heterocycles. The van der Waals surface area contributed by atoms with Crippen LogP contribution in [0.3, 0.4) is 0 Å². The lowest BCUT2D eigenvalue weighted by Crippen LogP contribution is -2.46. The van der Waals surface area contributed by atoms with Gasteiger partial charge in [0.25, 0.3) is 0 Å². The first kappa shape index (κ1) is 21.1. The molecule has 1 aliphatic heterocycles. The van der Waals surface area contributed by atoms with E-state index in [1.54, 1.807) is 11.9 Å². The summed E-state index contributed by atoms with van der Waals surface area (Å²) in [7, 11) is -2.24. The van der Waals surface area contributed by atoms with Gasteiger partial charge in [-0.3, -0.25) is 4.79 Å². The van der Waals surface area contributed by atoms with Crippen molar-refractivity contribution in [2.45, 2.75) is 49.7 Å². The zero-order valence-electron chi connectivity index (χ0n) is 15.9. The van der Waals surface area contributed by atoms with E-state index >= 15 is 0 Å². The Kier molecular flexibility index (Phi) is 5.78. The zero-order chi connectivity index (χ0) is 20.7. The lowest BCUT2D eigenvalue weighted by molar-refractivity contribution is -0.138. The van der Waals surface area contributed by atoms with Crippen molar-refractivity contribution in [2.75, 3.05) is 20.1 Å². The average Bonchev–Trinajstić information content (AvgIpc) is 3.51. The maximum atomic E-state index is 12.9. The molecule has 1 aliphatic carbocycles. The van der Waals surface area contributed by atoms with Crippen molar-refractivity contribution < 1.29 is 26.4 Å². The minimum Gasteiger partial charge on any atom is -0.343 e. The first-order chi connectivity index (χ1) is 13.0. The number of alkyl halides is 3. The summed E-state index contributed by atoms with van der Waals surface area (Å²) in [6.45, 7) is 2.28. The van der Waals surface area contributed by atoms with E-state index in [-0.39, 0.29) is 35.9 Å². The summed E-state index contributed by atoms with van der Waals surface area (Å²) in [4.78, 5) is 14.1. The number of carbonyl (C=O) groups is 1. The maximum Gasteiger partial charge on any atom is 0.416 e. The van der Waals surface area contributed by atoms with E-state index in [1.807, 2.05) is 6.92 Å². The van der Waals surface area contributed by atoms with Gasteiger partial charge in [0.05, 0.1) is 10.5 Å². The van der Waals surface area contributed by atoms with E-state index < -0.39 is 21.8 Å². The van der Waals surface area contributed by atoms with Crippen molar-refractivity contribution in [3.05, 3.63) is 29.8 Å². The van der Waals surface area contributed by atoms with Crippen molar-refractivity contribution in [1.82, 2.24) is 9.21 Å². The molecule has 2 fully saturated rings. The molecule has 0 radical (unpaired) electrons. The van der Waals surface area contributed by atoms with Crippen LogP contribution in [0, 0.1) is 11.8 Å². The lowest BCUT2D eigenvalue weighted by atomic mass is 9.96. The number of nitrogens with zero attached hydrogens (tertiary/aromatic N) is 2. The van der Waals surface area contributed by atoms with Crippen molar-refractivity contribution >= 4 is 15.9 Å². The molecule has 5 nitrogen and oxygen atoms in total. The van der Waals surface area contributed by atoms with Gasteiger partial charge in [-0.15, -0.1) is 0 Å². The second-order valence-corrected chi connectivity index (χ2v) is 9.67. The van der Waals surface area contributed by atoms with Gasteiger partial charge in [-0.2, -0.15) is 17.5 Å². The summed E-state index contributed by atoms with van der Waals surface area (Å²) in [6, 6.07) is 3.96. The molecule has 156 valence electrons. The third kappa shape index (κ3) is 4.35. The molecule has 28 heavy (non-hydrogen) atoms. The number of rotatable bonds is 5. The normalized spacial score (nSPS) is 20.8. The van der Waals surface area contributed by atoms with E-state index in [0.29, 0.717) is 24.8 Å². The highest BCUT2D eigenvalue weighted by atomic mass is 32.2. The minimum atomic E-state index is -4.60. The first-order valence-electron chi connectivity index (χ1n) is 9.46. The van der Waals surface area contributed by atoms with Gasteiger partial charge in [0.1, 0.15) is 0 Å². The SMILES string of the molecule is CC(C1CC1)N(C)C(=O)C1CCN(S(=O)(=O)c2cccc(C(F)(F)F)c2)CC1. The highest BCUT2D eigenvalue weighted by Gasteiger charge is 2.38. The van der Waals surface area contributed by atoms with Gasteiger partial charge in [-0.25, -0.2) is 8.42 Å². The summed E-state index contributed by atoms with van der Waals surface area (Å²) < 4.78 is 65.3. The molecule has 1 aromatic carbocycles. The van der Waals surface area contributed by atoms with Crippen molar-refractivity contribution in [2.24, 2.45) is 11.8 Å². The lowest BCUT2D eigenvalue weighted by Gasteiger charge is -2.34. The molecule has 1 atom stereocenters. The number of halogens is 3. The van der Waals surface area contributed by atoms with Crippen LogP contribution in [0.2, 0.25) is 0 Å². The Morgan fingerprint density at radius 2 is 1.79 bits per heavy atom. The number of piperidine rings is 1. The third-order valence-electron chi connectivity index (χ3n) is 5.87. The quantitative estimate of drug-likeness (QED) is 0.737. The predicted molar refractivity (Wildman–Crippen MR) is 97.9 cm³/mol. The summed E-state index contributed by atoms with van der Waals surface area (Å²) in [5, 5.41) is 0. The third-order valence-corrected chi connectivity index (χ3v) is 7.76. The molecule has 0 spiro atoms. The smallest absolute Gasteiger partial charge is 0.343 e. The van der Waals surface area contributed by atoms with E-state index in [4.69, 9.17) is 0 Å². The van der Waals surface area contributed by atoms with Crippen LogP contribution in [-0.2, 0) is 21.0 Å². The second kappa shape index (κ2) is 7.67. The molecule has 1 saturated carbocycles. The molecule has 1 saturated heterocycles. The van der Waals surface area contributed by atoms with Gasteiger partial charge in [0.2, 0.25) is 15.9 Å². The standard InChI is InChI=1S/C19H25F3N2O3S/c1-13(14-6-7-14)23(2)18(25)15-8-10-24(11-9-15)28(26,27)17-5-3-4-16(12-17)19(20,21)22/h3-5,12-15H,6-11H2,1-2H3. The fourth-order valence-electron chi connectivity index (χ4n) is 3.71. The molecule has 1 amide bonds. The van der Waals surface area contributed by atoms with Crippen LogP contribution in [0.15, 0.2) is 29.2 Å². The summed E-state index contributed by atoms with van der Waals surface area (Å²) in [6.07, 6.45) is -1.59. The van der Waals surface area contributed by atoms with Crippen molar-refractivity contribution in [1.29, 1.82) is 0 Å². The van der Waals surface area contributed by atoms with Gasteiger partial charge >= 0.3 is 6.18 Å². The molecule has 0 aromatic heterocycles. The van der Waals surface area contributed by atoms with E-state index in [9.17, 15) is 26.4 Å². The molecule has 0 N–H and O–H groups in total. The predicted octanol–water partition coefficient (Wildman–Crippen LogP) is 3.36. The summed E-state index contributed by atoms with van der Waals surface area (Å²) >= 11 is 0. The number of hydrogen-bond acceptors (Lipinski definition) is 3. The topological polar surface area (TPSA) is 57.7 Å². The highest BCUT2D eigenvalue weighted by Crippen LogP contribution is 2.36. The minimum absolute atomic E-state index is 0.0236. The number of sulfonamides is 1. The van der Waals surface area contributed by atoms with Gasteiger partial charge in [0.15, 0.2) is 0 Å². The largest absolute Gasteiger partial charge is 0.416 e.